The highest BCUT2D eigenvalue weighted by atomic mass is 32.2. The van der Waals surface area contributed by atoms with Gasteiger partial charge < -0.3 is 4.18 Å². The van der Waals surface area contributed by atoms with Gasteiger partial charge in [-0.15, -0.1) is 0 Å². The van der Waals surface area contributed by atoms with E-state index in [9.17, 15) is 21.2 Å². The summed E-state index contributed by atoms with van der Waals surface area (Å²) in [7, 11) is -7.89. The molecule has 134 valence electrons. The first-order chi connectivity index (χ1) is 11.8. The molecule has 1 aliphatic rings. The fourth-order valence-corrected chi connectivity index (χ4v) is 4.99. The molecule has 1 fully saturated rings. The van der Waals surface area contributed by atoms with Crippen LogP contribution in [0.3, 0.4) is 0 Å². The molecule has 0 saturated carbocycles. The van der Waals surface area contributed by atoms with Gasteiger partial charge >= 0.3 is 10.1 Å². The summed E-state index contributed by atoms with van der Waals surface area (Å²) in [5.41, 5.74) is 0. The highest BCUT2D eigenvalue weighted by Crippen LogP contribution is 2.24. The second-order valence-electron chi connectivity index (χ2n) is 5.55. The van der Waals surface area contributed by atoms with Crippen molar-refractivity contribution in [3.05, 3.63) is 54.3 Å². The summed E-state index contributed by atoms with van der Waals surface area (Å²) < 4.78 is 69.0. The van der Waals surface area contributed by atoms with Gasteiger partial charge in [0.25, 0.3) is 0 Å². The molecule has 0 aliphatic carbocycles. The van der Waals surface area contributed by atoms with Crippen LogP contribution in [-0.2, 0) is 20.1 Å². The van der Waals surface area contributed by atoms with Gasteiger partial charge in [0, 0.05) is 13.1 Å². The van der Waals surface area contributed by atoms with Crippen molar-refractivity contribution >= 4 is 20.1 Å². The highest BCUT2D eigenvalue weighted by molar-refractivity contribution is 7.89. The van der Waals surface area contributed by atoms with Crippen LogP contribution in [0, 0.1) is 5.82 Å². The Labute approximate surface area is 146 Å². The normalized spacial score (nSPS) is 16.0. The Hall–Kier alpha value is -1.97. The predicted octanol–water partition coefficient (Wildman–Crippen LogP) is 2.38. The molecule has 0 aromatic heterocycles. The summed E-state index contributed by atoms with van der Waals surface area (Å²) in [4.78, 5) is -0.240. The Morgan fingerprint density at radius 1 is 0.840 bits per heavy atom. The first-order valence-corrected chi connectivity index (χ1v) is 10.4. The quantitative estimate of drug-likeness (QED) is 0.738. The molecule has 0 amide bonds. The Bertz CT molecular complexity index is 966. The number of nitrogens with zero attached hydrogens (tertiary/aromatic N) is 1. The Balaban J connectivity index is 1.85. The molecule has 0 N–H and O–H groups in total. The summed E-state index contributed by atoms with van der Waals surface area (Å²) in [5.74, 6) is -1.23. The van der Waals surface area contributed by atoms with E-state index >= 15 is 0 Å². The van der Waals surface area contributed by atoms with Gasteiger partial charge in [0.1, 0.15) is 4.90 Å². The van der Waals surface area contributed by atoms with Gasteiger partial charge in [0.15, 0.2) is 11.6 Å². The minimum Gasteiger partial charge on any atom is -0.376 e. The Kier molecular flexibility index (Phi) is 4.81. The van der Waals surface area contributed by atoms with Crippen molar-refractivity contribution in [1.29, 1.82) is 0 Å². The summed E-state index contributed by atoms with van der Waals surface area (Å²) in [6.07, 6.45) is 1.62. The lowest BCUT2D eigenvalue weighted by molar-refractivity contribution is 0.461. The molecule has 25 heavy (non-hydrogen) atoms. The van der Waals surface area contributed by atoms with E-state index in [0.29, 0.717) is 13.1 Å². The van der Waals surface area contributed by atoms with E-state index in [1.807, 2.05) is 0 Å². The van der Waals surface area contributed by atoms with E-state index in [1.165, 1.54) is 34.6 Å². The maximum atomic E-state index is 13.6. The van der Waals surface area contributed by atoms with Gasteiger partial charge in [-0.05, 0) is 49.2 Å². The van der Waals surface area contributed by atoms with Crippen molar-refractivity contribution in [3.63, 3.8) is 0 Å². The number of halogens is 1. The van der Waals surface area contributed by atoms with Crippen LogP contribution in [0.15, 0.2) is 58.3 Å². The van der Waals surface area contributed by atoms with Crippen molar-refractivity contribution in [2.45, 2.75) is 22.6 Å². The third kappa shape index (κ3) is 3.68. The van der Waals surface area contributed by atoms with E-state index in [4.69, 9.17) is 4.18 Å². The average Bonchev–Trinajstić information content (AvgIpc) is 3.12. The van der Waals surface area contributed by atoms with Crippen LogP contribution in [0.25, 0.3) is 0 Å². The van der Waals surface area contributed by atoms with Crippen LogP contribution >= 0.6 is 0 Å². The molecule has 0 radical (unpaired) electrons. The average molecular weight is 385 g/mol. The van der Waals surface area contributed by atoms with Crippen molar-refractivity contribution in [2.24, 2.45) is 0 Å². The number of para-hydroxylation sites is 1. The van der Waals surface area contributed by atoms with E-state index in [2.05, 4.69) is 0 Å². The van der Waals surface area contributed by atoms with Crippen LogP contribution < -0.4 is 4.18 Å². The smallest absolute Gasteiger partial charge is 0.339 e. The zero-order chi connectivity index (χ0) is 18.1. The first kappa shape index (κ1) is 17.8. The van der Waals surface area contributed by atoms with Crippen LogP contribution in [0.4, 0.5) is 4.39 Å². The van der Waals surface area contributed by atoms with Crippen molar-refractivity contribution in [1.82, 2.24) is 4.31 Å². The summed E-state index contributed by atoms with van der Waals surface area (Å²) >= 11 is 0. The molecule has 1 aliphatic heterocycles. The molecular weight excluding hydrogens is 369 g/mol. The van der Waals surface area contributed by atoms with E-state index < -0.39 is 31.7 Å². The molecule has 0 spiro atoms. The van der Waals surface area contributed by atoms with E-state index in [1.54, 1.807) is 0 Å². The summed E-state index contributed by atoms with van der Waals surface area (Å²) in [6.45, 7) is 0.914. The second-order valence-corrected chi connectivity index (χ2v) is 9.03. The number of sulfonamides is 1. The molecule has 0 atom stereocenters. The van der Waals surface area contributed by atoms with Gasteiger partial charge in [0.2, 0.25) is 10.0 Å². The van der Waals surface area contributed by atoms with Crippen LogP contribution in [-0.4, -0.2) is 34.2 Å². The fourth-order valence-electron chi connectivity index (χ4n) is 2.53. The van der Waals surface area contributed by atoms with Gasteiger partial charge in [-0.1, -0.05) is 12.1 Å². The molecule has 1 saturated heterocycles. The van der Waals surface area contributed by atoms with Crippen molar-refractivity contribution < 1.29 is 25.4 Å². The topological polar surface area (TPSA) is 80.8 Å². The lowest BCUT2D eigenvalue weighted by Crippen LogP contribution is -2.27. The SMILES string of the molecule is O=S(=O)(Oc1ccccc1F)c1ccc(S(=O)(=O)N2CCCC2)cc1. The van der Waals surface area contributed by atoms with Gasteiger partial charge in [-0.25, -0.2) is 12.8 Å². The maximum absolute atomic E-state index is 13.6. The zero-order valence-corrected chi connectivity index (χ0v) is 14.8. The van der Waals surface area contributed by atoms with Crippen LogP contribution in [0.2, 0.25) is 0 Å². The zero-order valence-electron chi connectivity index (χ0n) is 13.1. The first-order valence-electron chi connectivity index (χ1n) is 7.60. The lowest BCUT2D eigenvalue weighted by atomic mass is 10.3. The minimum atomic E-state index is -4.27. The van der Waals surface area contributed by atoms with Gasteiger partial charge in [-0.3, -0.25) is 0 Å². The third-order valence-electron chi connectivity index (χ3n) is 3.85. The summed E-state index contributed by atoms with van der Waals surface area (Å²) in [6, 6.07) is 9.83. The third-order valence-corrected chi connectivity index (χ3v) is 7.01. The predicted molar refractivity (Wildman–Crippen MR) is 88.6 cm³/mol. The Morgan fingerprint density at radius 3 is 2.00 bits per heavy atom. The van der Waals surface area contributed by atoms with E-state index in [0.717, 1.165) is 31.0 Å². The number of benzene rings is 2. The van der Waals surface area contributed by atoms with Gasteiger partial charge in [-0.2, -0.15) is 12.7 Å². The number of hydrogen-bond donors (Lipinski definition) is 0. The molecule has 9 heteroatoms. The van der Waals surface area contributed by atoms with Crippen LogP contribution in [0.1, 0.15) is 12.8 Å². The molecule has 2 aromatic rings. The number of rotatable bonds is 5. The Morgan fingerprint density at radius 2 is 1.40 bits per heavy atom. The highest BCUT2D eigenvalue weighted by Gasteiger charge is 2.28. The second kappa shape index (κ2) is 6.74. The standard InChI is InChI=1S/C16H16FNO5S2/c17-15-5-1-2-6-16(15)23-25(21,22)14-9-7-13(8-10-14)24(19,20)18-11-3-4-12-18/h1-2,5-10H,3-4,11-12H2. The molecular formula is C16H16FNO5S2. The molecule has 0 unspecified atom stereocenters. The van der Waals surface area contributed by atoms with Gasteiger partial charge in [0.05, 0.1) is 4.90 Å². The van der Waals surface area contributed by atoms with E-state index in [-0.39, 0.29) is 9.79 Å². The molecule has 0 bridgehead atoms. The molecule has 1 heterocycles. The minimum absolute atomic E-state index is 0.0132. The molecule has 6 nitrogen and oxygen atoms in total. The largest absolute Gasteiger partial charge is 0.376 e. The van der Waals surface area contributed by atoms with Crippen molar-refractivity contribution in [2.75, 3.05) is 13.1 Å². The van der Waals surface area contributed by atoms with Crippen molar-refractivity contribution in [3.8, 4) is 5.75 Å². The molecule has 3 rings (SSSR count). The van der Waals surface area contributed by atoms with Crippen LogP contribution in [0.5, 0.6) is 5.75 Å². The number of hydrogen-bond acceptors (Lipinski definition) is 5. The fraction of sp³-hybridized carbons (Fsp3) is 0.250. The monoisotopic (exact) mass is 385 g/mol. The lowest BCUT2D eigenvalue weighted by Gasteiger charge is -2.15. The summed E-state index contributed by atoms with van der Waals surface area (Å²) in [5, 5.41) is 0. The molecule has 2 aromatic carbocycles. The maximum Gasteiger partial charge on any atom is 0.339 e.